The largest absolute Gasteiger partial charge is 0.345 e. The zero-order chi connectivity index (χ0) is 19.7. The molecule has 3 aromatic rings. The summed E-state index contributed by atoms with van der Waals surface area (Å²) in [7, 11) is 0. The standard InChI is InChI=1S/C20H20N4O3S/c1-14-3-2-4-17-19(14)21-20(28-17)23-11-9-22(10-12-23)18(25)13-15-5-7-16(8-6-15)24(26)27/h2-8H,9-13H2,1H3. The quantitative estimate of drug-likeness (QED) is 0.499. The van der Waals surface area contributed by atoms with Gasteiger partial charge in [0.05, 0.1) is 21.6 Å². The van der Waals surface area contributed by atoms with Gasteiger partial charge >= 0.3 is 0 Å². The van der Waals surface area contributed by atoms with Crippen LogP contribution in [0, 0.1) is 17.0 Å². The number of hydrogen-bond donors (Lipinski definition) is 0. The van der Waals surface area contributed by atoms with E-state index in [1.54, 1.807) is 23.5 Å². The van der Waals surface area contributed by atoms with E-state index in [1.165, 1.54) is 22.4 Å². The van der Waals surface area contributed by atoms with Gasteiger partial charge in [0, 0.05) is 38.3 Å². The molecule has 0 radical (unpaired) electrons. The maximum atomic E-state index is 12.6. The topological polar surface area (TPSA) is 79.6 Å². The molecule has 2 heterocycles. The summed E-state index contributed by atoms with van der Waals surface area (Å²) in [5, 5.41) is 11.7. The molecule has 144 valence electrons. The third-order valence-corrected chi connectivity index (χ3v) is 6.10. The van der Waals surface area contributed by atoms with Crippen LogP contribution in [-0.2, 0) is 11.2 Å². The molecule has 1 fully saturated rings. The Hall–Kier alpha value is -3.00. The van der Waals surface area contributed by atoms with Crippen LogP contribution in [-0.4, -0.2) is 46.9 Å². The molecule has 7 nitrogen and oxygen atoms in total. The van der Waals surface area contributed by atoms with E-state index in [4.69, 9.17) is 4.98 Å². The second-order valence-corrected chi connectivity index (χ2v) is 7.90. The third-order valence-electron chi connectivity index (χ3n) is 5.01. The number of anilines is 1. The summed E-state index contributed by atoms with van der Waals surface area (Å²) in [6.45, 7) is 4.89. The van der Waals surface area contributed by atoms with Crippen molar-refractivity contribution in [3.63, 3.8) is 0 Å². The SMILES string of the molecule is Cc1cccc2sc(N3CCN(C(=O)Cc4ccc([N+](=O)[O-])cc4)CC3)nc12. The first kappa shape index (κ1) is 18.4. The maximum Gasteiger partial charge on any atom is 0.269 e. The molecule has 1 aromatic heterocycles. The predicted molar refractivity (Wildman–Crippen MR) is 110 cm³/mol. The number of carbonyl (C=O) groups excluding carboxylic acids is 1. The Morgan fingerprint density at radius 2 is 1.86 bits per heavy atom. The molecule has 0 atom stereocenters. The normalized spacial score (nSPS) is 14.5. The van der Waals surface area contributed by atoms with Crippen LogP contribution in [0.2, 0.25) is 0 Å². The van der Waals surface area contributed by atoms with E-state index in [2.05, 4.69) is 30.0 Å². The first-order valence-electron chi connectivity index (χ1n) is 9.13. The van der Waals surface area contributed by atoms with Crippen molar-refractivity contribution in [2.75, 3.05) is 31.1 Å². The molecule has 8 heteroatoms. The summed E-state index contributed by atoms with van der Waals surface area (Å²) in [4.78, 5) is 31.7. The van der Waals surface area contributed by atoms with Crippen molar-refractivity contribution in [3.05, 3.63) is 63.7 Å². The van der Waals surface area contributed by atoms with E-state index in [1.807, 2.05) is 4.90 Å². The summed E-state index contributed by atoms with van der Waals surface area (Å²) in [6.07, 6.45) is 0.262. The van der Waals surface area contributed by atoms with Gasteiger partial charge in [-0.2, -0.15) is 0 Å². The number of rotatable bonds is 4. The predicted octanol–water partition coefficient (Wildman–Crippen LogP) is 3.40. The molecule has 0 spiro atoms. The Balaban J connectivity index is 1.37. The zero-order valence-electron chi connectivity index (χ0n) is 15.5. The molecule has 1 aliphatic rings. The summed E-state index contributed by atoms with van der Waals surface area (Å²) in [6, 6.07) is 12.4. The van der Waals surface area contributed by atoms with E-state index in [9.17, 15) is 14.9 Å². The molecule has 2 aromatic carbocycles. The van der Waals surface area contributed by atoms with Crippen LogP contribution < -0.4 is 4.90 Å². The number of amides is 1. The highest BCUT2D eigenvalue weighted by Gasteiger charge is 2.23. The van der Waals surface area contributed by atoms with E-state index < -0.39 is 4.92 Å². The van der Waals surface area contributed by atoms with Gasteiger partial charge in [0.25, 0.3) is 5.69 Å². The Labute approximate surface area is 166 Å². The fourth-order valence-electron chi connectivity index (χ4n) is 3.38. The number of benzene rings is 2. The van der Waals surface area contributed by atoms with Gasteiger partial charge in [-0.3, -0.25) is 14.9 Å². The summed E-state index contributed by atoms with van der Waals surface area (Å²) in [5.41, 5.74) is 3.06. The zero-order valence-corrected chi connectivity index (χ0v) is 16.3. The number of carbonyl (C=O) groups is 1. The van der Waals surface area contributed by atoms with Crippen LogP contribution in [0.15, 0.2) is 42.5 Å². The average Bonchev–Trinajstić information content (AvgIpc) is 3.14. The number of nitro benzene ring substituents is 1. The smallest absolute Gasteiger partial charge is 0.269 e. The van der Waals surface area contributed by atoms with Crippen LogP contribution in [0.3, 0.4) is 0 Å². The number of hydrogen-bond acceptors (Lipinski definition) is 6. The lowest BCUT2D eigenvalue weighted by Gasteiger charge is -2.34. The fraction of sp³-hybridized carbons (Fsp3) is 0.300. The number of thiazole rings is 1. The van der Waals surface area contributed by atoms with Gasteiger partial charge in [0.2, 0.25) is 5.91 Å². The Morgan fingerprint density at radius 3 is 2.50 bits per heavy atom. The van der Waals surface area contributed by atoms with Crippen molar-refractivity contribution < 1.29 is 9.72 Å². The van der Waals surface area contributed by atoms with E-state index >= 15 is 0 Å². The molecule has 1 aliphatic heterocycles. The van der Waals surface area contributed by atoms with Crippen molar-refractivity contribution in [2.45, 2.75) is 13.3 Å². The maximum absolute atomic E-state index is 12.6. The second kappa shape index (κ2) is 7.55. The van der Waals surface area contributed by atoms with Crippen LogP contribution in [0.1, 0.15) is 11.1 Å². The molecule has 0 aliphatic carbocycles. The number of non-ortho nitro benzene ring substituents is 1. The number of fused-ring (bicyclic) bond motifs is 1. The lowest BCUT2D eigenvalue weighted by molar-refractivity contribution is -0.384. The highest BCUT2D eigenvalue weighted by molar-refractivity contribution is 7.22. The van der Waals surface area contributed by atoms with E-state index in [-0.39, 0.29) is 18.0 Å². The minimum absolute atomic E-state index is 0.0379. The monoisotopic (exact) mass is 396 g/mol. The van der Waals surface area contributed by atoms with Gasteiger partial charge in [-0.05, 0) is 24.1 Å². The Kier molecular flexibility index (Phi) is 4.95. The molecule has 0 saturated carbocycles. The van der Waals surface area contributed by atoms with E-state index in [0.29, 0.717) is 13.1 Å². The molecule has 1 amide bonds. The van der Waals surface area contributed by atoms with Crippen molar-refractivity contribution in [2.24, 2.45) is 0 Å². The second-order valence-electron chi connectivity index (χ2n) is 6.89. The van der Waals surface area contributed by atoms with Crippen molar-refractivity contribution >= 4 is 38.3 Å². The van der Waals surface area contributed by atoms with E-state index in [0.717, 1.165) is 29.3 Å². The molecule has 1 saturated heterocycles. The molecule has 4 rings (SSSR count). The average molecular weight is 396 g/mol. The lowest BCUT2D eigenvalue weighted by Crippen LogP contribution is -2.49. The number of para-hydroxylation sites is 1. The number of aryl methyl sites for hydroxylation is 1. The number of aromatic nitrogens is 1. The van der Waals surface area contributed by atoms with Gasteiger partial charge < -0.3 is 9.80 Å². The van der Waals surface area contributed by atoms with Gasteiger partial charge in [-0.25, -0.2) is 4.98 Å². The van der Waals surface area contributed by atoms with Gasteiger partial charge in [0.15, 0.2) is 5.13 Å². The van der Waals surface area contributed by atoms with Crippen LogP contribution in [0.4, 0.5) is 10.8 Å². The summed E-state index contributed by atoms with van der Waals surface area (Å²) in [5.74, 6) is 0.0497. The number of nitro groups is 1. The van der Waals surface area contributed by atoms with Crippen molar-refractivity contribution in [3.8, 4) is 0 Å². The van der Waals surface area contributed by atoms with Gasteiger partial charge in [0.1, 0.15) is 0 Å². The summed E-state index contributed by atoms with van der Waals surface area (Å²) >= 11 is 1.69. The fourth-order valence-corrected chi connectivity index (χ4v) is 4.47. The molecular weight excluding hydrogens is 376 g/mol. The molecule has 28 heavy (non-hydrogen) atoms. The first-order valence-corrected chi connectivity index (χ1v) is 9.95. The van der Waals surface area contributed by atoms with Crippen molar-refractivity contribution in [1.29, 1.82) is 0 Å². The minimum Gasteiger partial charge on any atom is -0.345 e. The highest BCUT2D eigenvalue weighted by Crippen LogP contribution is 2.31. The number of nitrogens with zero attached hydrogens (tertiary/aromatic N) is 4. The Bertz CT molecular complexity index is 1020. The molecule has 0 unspecified atom stereocenters. The minimum atomic E-state index is -0.436. The number of piperazine rings is 1. The first-order chi connectivity index (χ1) is 13.5. The highest BCUT2D eigenvalue weighted by atomic mass is 32.1. The van der Waals surface area contributed by atoms with Gasteiger partial charge in [-0.1, -0.05) is 35.6 Å². The Morgan fingerprint density at radius 1 is 1.14 bits per heavy atom. The van der Waals surface area contributed by atoms with Crippen LogP contribution >= 0.6 is 11.3 Å². The van der Waals surface area contributed by atoms with Gasteiger partial charge in [-0.15, -0.1) is 0 Å². The lowest BCUT2D eigenvalue weighted by atomic mass is 10.1. The summed E-state index contributed by atoms with van der Waals surface area (Å²) < 4.78 is 1.19. The molecule has 0 N–H and O–H groups in total. The molecular formula is C20H20N4O3S. The van der Waals surface area contributed by atoms with Crippen LogP contribution in [0.25, 0.3) is 10.2 Å². The molecule has 0 bridgehead atoms. The van der Waals surface area contributed by atoms with Crippen molar-refractivity contribution in [1.82, 2.24) is 9.88 Å². The van der Waals surface area contributed by atoms with Crippen LogP contribution in [0.5, 0.6) is 0 Å². The third kappa shape index (κ3) is 3.68.